The molecule has 24 heavy (non-hydrogen) atoms. The van der Waals surface area contributed by atoms with E-state index in [1.165, 1.54) is 19.5 Å². The van der Waals surface area contributed by atoms with Crippen molar-refractivity contribution in [1.82, 2.24) is 20.0 Å². The average Bonchev–Trinajstić information content (AvgIpc) is 2.37. The van der Waals surface area contributed by atoms with Gasteiger partial charge >= 0.3 is 0 Å². The second-order valence-electron chi connectivity index (χ2n) is 7.46. The normalized spacial score (nSPS) is 21.6. The number of guanidine groups is 1. The number of likely N-dealkylation sites (tertiary alicyclic amines) is 1. The molecule has 0 unspecified atom stereocenters. The van der Waals surface area contributed by atoms with Crippen molar-refractivity contribution in [2.45, 2.75) is 52.6 Å². The number of halogens is 1. The lowest BCUT2D eigenvalue weighted by Crippen LogP contribution is -2.66. The van der Waals surface area contributed by atoms with E-state index in [4.69, 9.17) is 4.99 Å². The summed E-state index contributed by atoms with van der Waals surface area (Å²) in [5, 5.41) is 3.35. The Bertz CT molecular complexity index is 448. The third-order valence-electron chi connectivity index (χ3n) is 4.60. The number of amides is 1. The molecule has 6 nitrogen and oxygen atoms in total. The Balaban J connectivity index is 0.00000288. The summed E-state index contributed by atoms with van der Waals surface area (Å²) in [6.07, 6.45) is 1.31. The van der Waals surface area contributed by atoms with Crippen molar-refractivity contribution in [3.63, 3.8) is 0 Å². The molecule has 0 spiro atoms. The van der Waals surface area contributed by atoms with Crippen LogP contribution in [0.4, 0.5) is 0 Å². The second-order valence-corrected chi connectivity index (χ2v) is 7.46. The number of carbonyl (C=O) groups is 1. The molecular formula is C17H34IN5O. The van der Waals surface area contributed by atoms with Crippen LogP contribution in [0.3, 0.4) is 0 Å². The van der Waals surface area contributed by atoms with E-state index >= 15 is 0 Å². The van der Waals surface area contributed by atoms with Gasteiger partial charge in [0.05, 0.1) is 18.6 Å². The first-order valence-corrected chi connectivity index (χ1v) is 8.93. The highest BCUT2D eigenvalue weighted by Crippen LogP contribution is 2.24. The number of piperazine rings is 1. The van der Waals surface area contributed by atoms with Crippen LogP contribution in [0.5, 0.6) is 0 Å². The molecule has 0 aromatic heterocycles. The molecule has 1 N–H and O–H groups in total. The highest BCUT2D eigenvalue weighted by Gasteiger charge is 2.40. The fourth-order valence-electron chi connectivity index (χ4n) is 3.64. The quantitative estimate of drug-likeness (QED) is 0.392. The van der Waals surface area contributed by atoms with Crippen molar-refractivity contribution < 1.29 is 4.79 Å². The maximum Gasteiger partial charge on any atom is 0.242 e. The first-order chi connectivity index (χ1) is 10.8. The molecule has 1 amide bonds. The van der Waals surface area contributed by atoms with Gasteiger partial charge in [-0.1, -0.05) is 0 Å². The molecule has 0 atom stereocenters. The van der Waals surface area contributed by atoms with Gasteiger partial charge in [-0.15, -0.1) is 24.0 Å². The third kappa shape index (κ3) is 5.21. The maximum absolute atomic E-state index is 12.6. The van der Waals surface area contributed by atoms with E-state index in [1.54, 1.807) is 0 Å². The average molecular weight is 451 g/mol. The standard InChI is InChI=1S/C17H33N5O.HI/c1-6-18-16(19-8-11-20-9-7-10-20)21-12-15(23)22(14(2)3)17(4,5)13-21;/h14H,6-13H2,1-5H3,(H,18,19);1H. The highest BCUT2D eigenvalue weighted by atomic mass is 127. The third-order valence-corrected chi connectivity index (χ3v) is 4.60. The fourth-order valence-corrected chi connectivity index (χ4v) is 3.64. The molecule has 2 rings (SSSR count). The highest BCUT2D eigenvalue weighted by molar-refractivity contribution is 14.0. The Morgan fingerprint density at radius 1 is 1.33 bits per heavy atom. The van der Waals surface area contributed by atoms with Gasteiger partial charge < -0.3 is 20.0 Å². The number of carbonyl (C=O) groups excluding carboxylic acids is 1. The predicted octanol–water partition coefficient (Wildman–Crippen LogP) is 1.61. The molecule has 0 saturated carbocycles. The zero-order valence-corrected chi connectivity index (χ0v) is 18.2. The second kappa shape index (κ2) is 9.22. The monoisotopic (exact) mass is 451 g/mol. The zero-order chi connectivity index (χ0) is 17.0. The number of rotatable bonds is 5. The van der Waals surface area contributed by atoms with Crippen molar-refractivity contribution in [2.24, 2.45) is 4.99 Å². The summed E-state index contributed by atoms with van der Waals surface area (Å²) in [4.78, 5) is 23.9. The largest absolute Gasteiger partial charge is 0.357 e. The number of hydrogen-bond donors (Lipinski definition) is 1. The lowest BCUT2D eigenvalue weighted by molar-refractivity contribution is -0.145. The molecule has 0 radical (unpaired) electrons. The number of nitrogens with zero attached hydrogens (tertiary/aromatic N) is 4. The Morgan fingerprint density at radius 2 is 2.00 bits per heavy atom. The molecule has 0 aromatic rings. The van der Waals surface area contributed by atoms with Gasteiger partial charge in [0.15, 0.2) is 5.96 Å². The smallest absolute Gasteiger partial charge is 0.242 e. The minimum absolute atomic E-state index is 0. The summed E-state index contributed by atoms with van der Waals surface area (Å²) in [6, 6.07) is 0.227. The lowest BCUT2D eigenvalue weighted by Gasteiger charge is -2.49. The molecular weight excluding hydrogens is 417 g/mol. The topological polar surface area (TPSA) is 51.2 Å². The van der Waals surface area contributed by atoms with E-state index in [0.717, 1.165) is 32.1 Å². The van der Waals surface area contributed by atoms with E-state index in [2.05, 4.69) is 49.7 Å². The number of hydrogen-bond acceptors (Lipinski definition) is 3. The fraction of sp³-hybridized carbons (Fsp3) is 0.882. The molecule has 7 heteroatoms. The van der Waals surface area contributed by atoms with Gasteiger partial charge in [0.25, 0.3) is 0 Å². The lowest BCUT2D eigenvalue weighted by atomic mass is 9.96. The van der Waals surface area contributed by atoms with E-state index in [1.807, 2.05) is 4.90 Å². The molecule has 0 bridgehead atoms. The van der Waals surface area contributed by atoms with Crippen molar-refractivity contribution in [2.75, 3.05) is 45.8 Å². The maximum atomic E-state index is 12.6. The number of aliphatic imine (C=N–C) groups is 1. The summed E-state index contributed by atoms with van der Waals surface area (Å²) in [5.74, 6) is 1.06. The van der Waals surface area contributed by atoms with Crippen LogP contribution in [0.2, 0.25) is 0 Å². The van der Waals surface area contributed by atoms with Crippen molar-refractivity contribution >= 4 is 35.8 Å². The van der Waals surface area contributed by atoms with Crippen LogP contribution in [-0.2, 0) is 4.79 Å². The van der Waals surface area contributed by atoms with Gasteiger partial charge in [0.2, 0.25) is 5.91 Å². The summed E-state index contributed by atoms with van der Waals surface area (Å²) >= 11 is 0. The molecule has 2 aliphatic heterocycles. The van der Waals surface area contributed by atoms with Crippen LogP contribution >= 0.6 is 24.0 Å². The minimum atomic E-state index is -0.183. The van der Waals surface area contributed by atoms with Crippen molar-refractivity contribution in [3.8, 4) is 0 Å². The summed E-state index contributed by atoms with van der Waals surface area (Å²) in [7, 11) is 0. The van der Waals surface area contributed by atoms with Crippen molar-refractivity contribution in [3.05, 3.63) is 0 Å². The van der Waals surface area contributed by atoms with Gasteiger partial charge in [-0.05, 0) is 54.1 Å². The van der Waals surface area contributed by atoms with Gasteiger partial charge in [-0.2, -0.15) is 0 Å². The van der Waals surface area contributed by atoms with Gasteiger partial charge in [-0.25, -0.2) is 0 Å². The molecule has 140 valence electrons. The van der Waals surface area contributed by atoms with Gasteiger partial charge in [0.1, 0.15) is 0 Å². The molecule has 0 aliphatic carbocycles. The van der Waals surface area contributed by atoms with Gasteiger partial charge in [-0.3, -0.25) is 9.79 Å². The Kier molecular flexibility index (Phi) is 8.25. The molecule has 0 aromatic carbocycles. The zero-order valence-electron chi connectivity index (χ0n) is 15.8. The van der Waals surface area contributed by atoms with E-state index < -0.39 is 0 Å². The Labute approximate surface area is 164 Å². The van der Waals surface area contributed by atoms with Crippen LogP contribution in [-0.4, -0.2) is 84.0 Å². The Hall–Kier alpha value is -0.570. The SMILES string of the molecule is CCNC(=NCCN1CCC1)N1CC(=O)N(C(C)C)C(C)(C)C1.I. The molecule has 2 heterocycles. The first kappa shape index (κ1) is 21.5. The van der Waals surface area contributed by atoms with Crippen LogP contribution < -0.4 is 5.32 Å². The summed E-state index contributed by atoms with van der Waals surface area (Å²) < 4.78 is 0. The van der Waals surface area contributed by atoms with Crippen LogP contribution in [0, 0.1) is 0 Å². The minimum Gasteiger partial charge on any atom is -0.357 e. The predicted molar refractivity (Wildman–Crippen MR) is 110 cm³/mol. The van der Waals surface area contributed by atoms with Crippen LogP contribution in [0.25, 0.3) is 0 Å². The molecule has 2 aliphatic rings. The Morgan fingerprint density at radius 3 is 2.46 bits per heavy atom. The van der Waals surface area contributed by atoms with E-state index in [9.17, 15) is 4.79 Å². The summed E-state index contributed by atoms with van der Waals surface area (Å²) in [6.45, 7) is 16.8. The first-order valence-electron chi connectivity index (χ1n) is 8.93. The molecule has 2 saturated heterocycles. The van der Waals surface area contributed by atoms with E-state index in [-0.39, 0.29) is 41.5 Å². The van der Waals surface area contributed by atoms with Crippen molar-refractivity contribution in [1.29, 1.82) is 0 Å². The van der Waals surface area contributed by atoms with Gasteiger partial charge in [0, 0.05) is 25.7 Å². The van der Waals surface area contributed by atoms with E-state index in [0.29, 0.717) is 6.54 Å². The molecule has 2 fully saturated rings. The van der Waals surface area contributed by atoms with Crippen LogP contribution in [0.1, 0.15) is 41.0 Å². The van der Waals surface area contributed by atoms with Crippen LogP contribution in [0.15, 0.2) is 4.99 Å². The summed E-state index contributed by atoms with van der Waals surface area (Å²) in [5.41, 5.74) is -0.183. The number of nitrogens with one attached hydrogen (secondary N) is 1.